The third-order valence-corrected chi connectivity index (χ3v) is 3.00. The van der Waals surface area contributed by atoms with E-state index in [1.807, 2.05) is 0 Å². The number of benzene rings is 1. The third-order valence-electron chi connectivity index (χ3n) is 3.00. The monoisotopic (exact) mass is 280 g/mol. The second-order valence-corrected chi connectivity index (χ2v) is 4.98. The van der Waals surface area contributed by atoms with E-state index in [2.05, 4.69) is 5.32 Å². The van der Waals surface area contributed by atoms with Crippen LogP contribution in [0.3, 0.4) is 0 Å². The first-order valence-electron chi connectivity index (χ1n) is 6.38. The number of amides is 1. The molecule has 1 aromatic rings. The van der Waals surface area contributed by atoms with Gasteiger partial charge in [-0.05, 0) is 26.2 Å². The summed E-state index contributed by atoms with van der Waals surface area (Å²) in [5.41, 5.74) is 0.178. The summed E-state index contributed by atoms with van der Waals surface area (Å²) in [5.74, 6) is -1.14. The zero-order valence-electron chi connectivity index (χ0n) is 11.5. The van der Waals surface area contributed by atoms with Crippen molar-refractivity contribution in [2.24, 2.45) is 0 Å². The van der Waals surface area contributed by atoms with Crippen LogP contribution in [0.15, 0.2) is 18.2 Å². The summed E-state index contributed by atoms with van der Waals surface area (Å²) < 4.78 is 18.9. The number of Topliss-reactive ketones (excluding diaryl/α,β-unsaturated/α-hetero) is 1. The first-order valence-corrected chi connectivity index (χ1v) is 6.38. The third kappa shape index (κ3) is 3.14. The summed E-state index contributed by atoms with van der Waals surface area (Å²) in [6, 6.07) is 3.54. The van der Waals surface area contributed by atoms with Crippen molar-refractivity contribution in [1.29, 1.82) is 0 Å². The molecule has 1 aromatic carbocycles. The molecule has 1 aliphatic heterocycles. The van der Waals surface area contributed by atoms with Crippen LogP contribution in [0, 0.1) is 5.82 Å². The van der Waals surface area contributed by atoms with E-state index in [9.17, 15) is 14.0 Å². The minimum absolute atomic E-state index is 0.0261. The van der Waals surface area contributed by atoms with Crippen molar-refractivity contribution in [1.82, 2.24) is 10.2 Å². The van der Waals surface area contributed by atoms with Crippen molar-refractivity contribution in [2.45, 2.75) is 12.5 Å². The molecule has 1 N–H and O–H groups in total. The summed E-state index contributed by atoms with van der Waals surface area (Å²) in [7, 11) is 3.53. The SMILES string of the molecule is CN(C)CC(=O)NC1CCOc2c(F)cccc2C1=O. The maximum atomic E-state index is 13.6. The summed E-state index contributed by atoms with van der Waals surface area (Å²) >= 11 is 0. The zero-order valence-corrected chi connectivity index (χ0v) is 11.5. The standard InChI is InChI=1S/C14H17FN2O3/c1-17(2)8-12(18)16-11-6-7-20-14-9(13(11)19)4-3-5-10(14)15/h3-5,11H,6-8H2,1-2H3,(H,16,18). The maximum Gasteiger partial charge on any atom is 0.234 e. The molecule has 0 spiro atoms. The van der Waals surface area contributed by atoms with Gasteiger partial charge < -0.3 is 15.0 Å². The maximum absolute atomic E-state index is 13.6. The van der Waals surface area contributed by atoms with Crippen LogP contribution in [0.1, 0.15) is 16.8 Å². The van der Waals surface area contributed by atoms with Gasteiger partial charge in [-0.15, -0.1) is 0 Å². The number of rotatable bonds is 3. The van der Waals surface area contributed by atoms with Crippen LogP contribution in [0.5, 0.6) is 5.75 Å². The van der Waals surface area contributed by atoms with E-state index in [1.54, 1.807) is 19.0 Å². The van der Waals surface area contributed by atoms with Gasteiger partial charge in [0.25, 0.3) is 0 Å². The van der Waals surface area contributed by atoms with E-state index in [4.69, 9.17) is 4.74 Å². The van der Waals surface area contributed by atoms with Crippen molar-refractivity contribution in [3.63, 3.8) is 0 Å². The number of ether oxygens (including phenoxy) is 1. The molecule has 0 radical (unpaired) electrons. The van der Waals surface area contributed by atoms with E-state index in [0.29, 0.717) is 6.42 Å². The molecule has 0 aliphatic carbocycles. The molecule has 0 fully saturated rings. The van der Waals surface area contributed by atoms with E-state index in [-0.39, 0.29) is 36.2 Å². The fourth-order valence-electron chi connectivity index (χ4n) is 2.11. The van der Waals surface area contributed by atoms with E-state index < -0.39 is 11.9 Å². The average molecular weight is 280 g/mol. The lowest BCUT2D eigenvalue weighted by molar-refractivity contribution is -0.122. The van der Waals surface area contributed by atoms with Crippen LogP contribution in [-0.2, 0) is 4.79 Å². The first kappa shape index (κ1) is 14.5. The number of carbonyl (C=O) groups excluding carboxylic acids is 2. The van der Waals surface area contributed by atoms with Crippen LogP contribution in [0.25, 0.3) is 0 Å². The van der Waals surface area contributed by atoms with Gasteiger partial charge in [0.15, 0.2) is 17.3 Å². The van der Waals surface area contributed by atoms with Gasteiger partial charge in [-0.1, -0.05) is 6.07 Å². The second-order valence-electron chi connectivity index (χ2n) is 4.98. The van der Waals surface area contributed by atoms with Gasteiger partial charge in [0, 0.05) is 6.42 Å². The largest absolute Gasteiger partial charge is 0.490 e. The lowest BCUT2D eigenvalue weighted by atomic mass is 10.0. The van der Waals surface area contributed by atoms with Gasteiger partial charge >= 0.3 is 0 Å². The summed E-state index contributed by atoms with van der Waals surface area (Å²) in [4.78, 5) is 25.8. The minimum Gasteiger partial charge on any atom is -0.490 e. The van der Waals surface area contributed by atoms with Crippen LogP contribution in [-0.4, -0.2) is 49.9 Å². The molecule has 2 rings (SSSR count). The highest BCUT2D eigenvalue weighted by atomic mass is 19.1. The Morgan fingerprint density at radius 2 is 2.25 bits per heavy atom. The van der Waals surface area contributed by atoms with Gasteiger partial charge in [-0.2, -0.15) is 0 Å². The molecule has 0 bridgehead atoms. The van der Waals surface area contributed by atoms with Gasteiger partial charge in [0.05, 0.1) is 24.8 Å². The summed E-state index contributed by atoms with van der Waals surface area (Å²) in [5, 5.41) is 2.67. The number of hydrogen-bond acceptors (Lipinski definition) is 4. The lowest BCUT2D eigenvalue weighted by Crippen LogP contribution is -2.44. The molecule has 1 atom stereocenters. The molecule has 0 saturated carbocycles. The van der Waals surface area contributed by atoms with Gasteiger partial charge in [-0.25, -0.2) is 4.39 Å². The number of hydrogen-bond donors (Lipinski definition) is 1. The fourth-order valence-corrected chi connectivity index (χ4v) is 2.11. The Balaban J connectivity index is 2.17. The number of nitrogens with one attached hydrogen (secondary N) is 1. The quantitative estimate of drug-likeness (QED) is 0.891. The number of nitrogens with zero attached hydrogens (tertiary/aromatic N) is 1. The molecule has 1 unspecified atom stereocenters. The number of carbonyl (C=O) groups is 2. The van der Waals surface area contributed by atoms with Crippen molar-refractivity contribution < 1.29 is 18.7 Å². The first-order chi connectivity index (χ1) is 9.49. The Morgan fingerprint density at radius 1 is 1.50 bits per heavy atom. The highest BCUT2D eigenvalue weighted by Gasteiger charge is 2.29. The molecule has 20 heavy (non-hydrogen) atoms. The molecule has 1 aliphatic rings. The molecule has 1 amide bonds. The smallest absolute Gasteiger partial charge is 0.234 e. The van der Waals surface area contributed by atoms with Crippen LogP contribution in [0.2, 0.25) is 0 Å². The van der Waals surface area contributed by atoms with Crippen LogP contribution in [0.4, 0.5) is 4.39 Å². The Kier molecular flexibility index (Phi) is 4.34. The highest BCUT2D eigenvalue weighted by Crippen LogP contribution is 2.27. The molecular weight excluding hydrogens is 263 g/mol. The normalized spacial score (nSPS) is 18.2. The topological polar surface area (TPSA) is 58.6 Å². The summed E-state index contributed by atoms with van der Waals surface area (Å²) in [6.45, 7) is 0.382. The van der Waals surface area contributed by atoms with Crippen molar-refractivity contribution in [3.8, 4) is 5.75 Å². The Hall–Kier alpha value is -1.95. The van der Waals surface area contributed by atoms with E-state index in [0.717, 1.165) is 0 Å². The average Bonchev–Trinajstić information content (AvgIpc) is 2.51. The highest BCUT2D eigenvalue weighted by molar-refractivity contribution is 6.04. The van der Waals surface area contributed by atoms with Crippen molar-refractivity contribution in [2.75, 3.05) is 27.2 Å². The minimum atomic E-state index is -0.675. The summed E-state index contributed by atoms with van der Waals surface area (Å²) in [6.07, 6.45) is 0.326. The fraction of sp³-hybridized carbons (Fsp3) is 0.429. The zero-order chi connectivity index (χ0) is 14.7. The molecular formula is C14H17FN2O3. The predicted molar refractivity (Wildman–Crippen MR) is 71.3 cm³/mol. The molecule has 0 aromatic heterocycles. The second kappa shape index (κ2) is 6.00. The van der Waals surface area contributed by atoms with E-state index >= 15 is 0 Å². The van der Waals surface area contributed by atoms with Crippen LogP contribution >= 0.6 is 0 Å². The predicted octanol–water partition coefficient (Wildman–Crippen LogP) is 0.837. The number of para-hydroxylation sites is 1. The van der Waals surface area contributed by atoms with Crippen molar-refractivity contribution >= 4 is 11.7 Å². The molecule has 5 nitrogen and oxygen atoms in total. The molecule has 1 heterocycles. The number of fused-ring (bicyclic) bond motifs is 1. The van der Waals surface area contributed by atoms with Crippen molar-refractivity contribution in [3.05, 3.63) is 29.6 Å². The lowest BCUT2D eigenvalue weighted by Gasteiger charge is -2.16. The van der Waals surface area contributed by atoms with Gasteiger partial charge in [-0.3, -0.25) is 9.59 Å². The molecule has 6 heteroatoms. The van der Waals surface area contributed by atoms with E-state index in [1.165, 1.54) is 18.2 Å². The Bertz CT molecular complexity index is 531. The van der Waals surface area contributed by atoms with Gasteiger partial charge in [0.2, 0.25) is 5.91 Å². The molecule has 0 saturated heterocycles. The number of halogens is 1. The Labute approximate surface area is 116 Å². The Morgan fingerprint density at radius 3 is 2.95 bits per heavy atom. The molecule has 108 valence electrons. The number of ketones is 1. The van der Waals surface area contributed by atoms with Gasteiger partial charge in [0.1, 0.15) is 0 Å². The number of likely N-dealkylation sites (N-methyl/N-ethyl adjacent to an activating group) is 1. The van der Waals surface area contributed by atoms with Crippen LogP contribution < -0.4 is 10.1 Å².